The number of hydrogen-bond acceptors (Lipinski definition) is 4. The van der Waals surface area contributed by atoms with Gasteiger partial charge >= 0.3 is 0 Å². The largest absolute Gasteiger partial charge is 0.478 e. The zero-order chi connectivity index (χ0) is 16.8. The van der Waals surface area contributed by atoms with Crippen molar-refractivity contribution in [1.82, 2.24) is 10.0 Å². The fourth-order valence-corrected chi connectivity index (χ4v) is 2.33. The maximum absolute atomic E-state index is 12.1. The van der Waals surface area contributed by atoms with Gasteiger partial charge in [-0.2, -0.15) is 0 Å². The summed E-state index contributed by atoms with van der Waals surface area (Å²) in [5.74, 6) is 0.221. The molecule has 0 aliphatic heterocycles. The Labute approximate surface area is 136 Å². The van der Waals surface area contributed by atoms with Crippen molar-refractivity contribution >= 4 is 27.5 Å². The van der Waals surface area contributed by atoms with Gasteiger partial charge in [0.2, 0.25) is 10.0 Å². The van der Waals surface area contributed by atoms with Gasteiger partial charge in [0.05, 0.1) is 6.26 Å². The molecule has 0 saturated carbocycles. The van der Waals surface area contributed by atoms with E-state index in [0.717, 1.165) is 6.26 Å². The number of ether oxygens (including phenoxy) is 1. The van der Waals surface area contributed by atoms with Crippen LogP contribution in [-0.4, -0.2) is 39.3 Å². The lowest BCUT2D eigenvalue weighted by molar-refractivity contribution is -0.134. The third kappa shape index (κ3) is 7.11. The average Bonchev–Trinajstić information content (AvgIpc) is 2.36. The van der Waals surface area contributed by atoms with Crippen molar-refractivity contribution in [1.29, 1.82) is 0 Å². The van der Waals surface area contributed by atoms with E-state index in [0.29, 0.717) is 23.7 Å². The smallest absolute Gasteiger partial charge is 0.263 e. The molecular weight excluding hydrogens is 328 g/mol. The van der Waals surface area contributed by atoms with Gasteiger partial charge in [-0.3, -0.25) is 4.79 Å². The second-order valence-corrected chi connectivity index (χ2v) is 7.62. The molecule has 0 spiro atoms. The summed E-state index contributed by atoms with van der Waals surface area (Å²) >= 11 is 5.87. The zero-order valence-electron chi connectivity index (χ0n) is 12.8. The summed E-state index contributed by atoms with van der Waals surface area (Å²) in [7, 11) is -3.20. The number of rotatable bonds is 8. The molecule has 0 heterocycles. The number of halogens is 1. The normalized spacial score (nSPS) is 12.0. The van der Waals surface area contributed by atoms with E-state index in [1.165, 1.54) is 0 Å². The summed E-state index contributed by atoms with van der Waals surface area (Å²) in [6.45, 7) is 3.92. The third-order valence-electron chi connectivity index (χ3n) is 2.72. The van der Waals surface area contributed by atoms with Crippen LogP contribution in [0.2, 0.25) is 5.02 Å². The van der Waals surface area contributed by atoms with Crippen LogP contribution in [0.1, 0.15) is 20.3 Å². The van der Waals surface area contributed by atoms with E-state index in [1.54, 1.807) is 38.1 Å². The highest BCUT2D eigenvalue weighted by Crippen LogP contribution is 2.22. The highest BCUT2D eigenvalue weighted by molar-refractivity contribution is 7.88. The predicted octanol–water partition coefficient (Wildman–Crippen LogP) is 1.55. The van der Waals surface area contributed by atoms with E-state index in [9.17, 15) is 13.2 Å². The Balaban J connectivity index is 2.43. The van der Waals surface area contributed by atoms with E-state index in [-0.39, 0.29) is 12.5 Å². The van der Waals surface area contributed by atoms with Crippen molar-refractivity contribution in [3.63, 3.8) is 0 Å². The maximum Gasteiger partial charge on any atom is 0.263 e. The standard InChI is InChI=1S/C14H21ClN2O4S/c1-14(2,21-12-7-4-6-11(15)10-12)13(18)16-8-5-9-17-22(3,19)20/h4,6-7,10,17H,5,8-9H2,1-3H3,(H,16,18). The van der Waals surface area contributed by atoms with E-state index >= 15 is 0 Å². The molecular formula is C14H21ClN2O4S. The molecule has 0 aromatic heterocycles. The van der Waals surface area contributed by atoms with Crippen LogP contribution in [0.25, 0.3) is 0 Å². The number of amides is 1. The second kappa shape index (κ2) is 7.80. The van der Waals surface area contributed by atoms with E-state index in [4.69, 9.17) is 16.3 Å². The van der Waals surface area contributed by atoms with Crippen LogP contribution in [0.3, 0.4) is 0 Å². The summed E-state index contributed by atoms with van der Waals surface area (Å²) in [5, 5.41) is 3.24. The lowest BCUT2D eigenvalue weighted by Crippen LogP contribution is -2.47. The first-order valence-electron chi connectivity index (χ1n) is 6.78. The average molecular weight is 349 g/mol. The first-order chi connectivity index (χ1) is 10.1. The minimum Gasteiger partial charge on any atom is -0.478 e. The Bertz CT molecular complexity index is 617. The highest BCUT2D eigenvalue weighted by atomic mass is 35.5. The van der Waals surface area contributed by atoms with E-state index in [1.807, 2.05) is 0 Å². The minimum atomic E-state index is -3.20. The van der Waals surface area contributed by atoms with Crippen LogP contribution >= 0.6 is 11.6 Å². The summed E-state index contributed by atoms with van der Waals surface area (Å²) in [6.07, 6.45) is 1.58. The Kier molecular flexibility index (Phi) is 6.65. The van der Waals surface area contributed by atoms with Gasteiger partial charge in [0.15, 0.2) is 5.60 Å². The number of sulfonamides is 1. The van der Waals surface area contributed by atoms with Crippen molar-refractivity contribution < 1.29 is 17.9 Å². The van der Waals surface area contributed by atoms with Gasteiger partial charge in [-0.1, -0.05) is 17.7 Å². The number of benzene rings is 1. The van der Waals surface area contributed by atoms with Crippen molar-refractivity contribution in [2.75, 3.05) is 19.3 Å². The number of hydrogen-bond donors (Lipinski definition) is 2. The van der Waals surface area contributed by atoms with Crippen molar-refractivity contribution in [2.24, 2.45) is 0 Å². The van der Waals surface area contributed by atoms with Crippen LogP contribution in [0.15, 0.2) is 24.3 Å². The minimum absolute atomic E-state index is 0.273. The van der Waals surface area contributed by atoms with Crippen molar-refractivity contribution in [3.05, 3.63) is 29.3 Å². The molecule has 0 radical (unpaired) electrons. The number of nitrogens with one attached hydrogen (secondary N) is 2. The molecule has 0 bridgehead atoms. The molecule has 1 amide bonds. The van der Waals surface area contributed by atoms with Gasteiger partial charge in [-0.05, 0) is 38.5 Å². The van der Waals surface area contributed by atoms with Gasteiger partial charge in [0.1, 0.15) is 5.75 Å². The Morgan fingerprint density at radius 2 is 2.00 bits per heavy atom. The molecule has 22 heavy (non-hydrogen) atoms. The molecule has 1 aromatic rings. The quantitative estimate of drug-likeness (QED) is 0.698. The second-order valence-electron chi connectivity index (χ2n) is 5.35. The topological polar surface area (TPSA) is 84.5 Å². The molecule has 6 nitrogen and oxygen atoms in total. The fourth-order valence-electron chi connectivity index (χ4n) is 1.63. The van der Waals surface area contributed by atoms with Crippen LogP contribution in [0.5, 0.6) is 5.75 Å². The Morgan fingerprint density at radius 1 is 1.32 bits per heavy atom. The SMILES string of the molecule is CC(C)(Oc1cccc(Cl)c1)C(=O)NCCCNS(C)(=O)=O. The van der Waals surface area contributed by atoms with Gasteiger partial charge in [-0.15, -0.1) is 0 Å². The lowest BCUT2D eigenvalue weighted by atomic mass is 10.1. The first kappa shape index (κ1) is 18.7. The summed E-state index contributed by atoms with van der Waals surface area (Å²) in [5.41, 5.74) is -1.06. The van der Waals surface area contributed by atoms with Gasteiger partial charge < -0.3 is 10.1 Å². The first-order valence-corrected chi connectivity index (χ1v) is 9.04. The molecule has 2 N–H and O–H groups in total. The molecule has 0 aliphatic carbocycles. The molecule has 0 atom stereocenters. The zero-order valence-corrected chi connectivity index (χ0v) is 14.4. The van der Waals surface area contributed by atoms with Gasteiger partial charge in [0.25, 0.3) is 5.91 Å². The van der Waals surface area contributed by atoms with Crippen LogP contribution in [0.4, 0.5) is 0 Å². The number of carbonyl (C=O) groups is 1. The molecule has 1 rings (SSSR count). The summed E-state index contributed by atoms with van der Waals surface area (Å²) in [4.78, 5) is 12.1. The molecule has 0 fully saturated rings. The van der Waals surface area contributed by atoms with Crippen LogP contribution in [-0.2, 0) is 14.8 Å². The number of carbonyl (C=O) groups excluding carboxylic acids is 1. The Hall–Kier alpha value is -1.31. The maximum atomic E-state index is 12.1. The van der Waals surface area contributed by atoms with Gasteiger partial charge in [-0.25, -0.2) is 13.1 Å². The monoisotopic (exact) mass is 348 g/mol. The summed E-state index contributed by atoms with van der Waals surface area (Å²) in [6, 6.07) is 6.81. The van der Waals surface area contributed by atoms with Crippen molar-refractivity contribution in [3.8, 4) is 5.75 Å². The van der Waals surface area contributed by atoms with Crippen LogP contribution < -0.4 is 14.8 Å². The molecule has 1 aromatic carbocycles. The molecule has 0 unspecified atom stereocenters. The van der Waals surface area contributed by atoms with Gasteiger partial charge in [0, 0.05) is 18.1 Å². The highest BCUT2D eigenvalue weighted by Gasteiger charge is 2.29. The third-order valence-corrected chi connectivity index (χ3v) is 3.68. The van der Waals surface area contributed by atoms with E-state index in [2.05, 4.69) is 10.0 Å². The van der Waals surface area contributed by atoms with Crippen molar-refractivity contribution in [2.45, 2.75) is 25.9 Å². The predicted molar refractivity (Wildman–Crippen MR) is 86.6 cm³/mol. The molecule has 8 heteroatoms. The molecule has 0 saturated heterocycles. The fraction of sp³-hybridized carbons (Fsp3) is 0.500. The summed E-state index contributed by atoms with van der Waals surface area (Å²) < 4.78 is 29.8. The lowest BCUT2D eigenvalue weighted by Gasteiger charge is -2.25. The van der Waals surface area contributed by atoms with E-state index < -0.39 is 15.6 Å². The van der Waals surface area contributed by atoms with Crippen LogP contribution in [0, 0.1) is 0 Å². The molecule has 124 valence electrons. The Morgan fingerprint density at radius 3 is 2.59 bits per heavy atom. The molecule has 0 aliphatic rings.